The fourth-order valence-electron chi connectivity index (χ4n) is 7.34. The van der Waals surface area contributed by atoms with Gasteiger partial charge in [-0.15, -0.1) is 0 Å². The van der Waals surface area contributed by atoms with Gasteiger partial charge < -0.3 is 4.42 Å². The number of hydrogen-bond donors (Lipinski definition) is 0. The molecule has 226 valence electrons. The van der Waals surface area contributed by atoms with Gasteiger partial charge in [0, 0.05) is 21.9 Å². The van der Waals surface area contributed by atoms with Gasteiger partial charge >= 0.3 is 0 Å². The van der Waals surface area contributed by atoms with Crippen molar-refractivity contribution in [1.29, 1.82) is 0 Å². The molecule has 6 aromatic carbocycles. The number of furan rings is 1. The molecule has 0 N–H and O–H groups in total. The van der Waals surface area contributed by atoms with Crippen molar-refractivity contribution in [3.05, 3.63) is 132 Å². The molecule has 0 bridgehead atoms. The maximum absolute atomic E-state index is 6.87. The van der Waals surface area contributed by atoms with E-state index in [4.69, 9.17) is 4.42 Å². The SMILES string of the molecule is Cc1ccc2c(oc3cc4ccccc4cc32)c1-c1n(-c2c(C(C)C)cc(-c3ccccc3)cc2C(C)C)c2ccccc2[n+]1C. The topological polar surface area (TPSA) is 21.9 Å². The number of benzene rings is 6. The minimum Gasteiger partial charge on any atom is -0.455 e. The van der Waals surface area contributed by atoms with Gasteiger partial charge in [-0.3, -0.25) is 0 Å². The van der Waals surface area contributed by atoms with Crippen molar-refractivity contribution in [3.8, 4) is 28.2 Å². The molecule has 0 amide bonds. The van der Waals surface area contributed by atoms with Crippen molar-refractivity contribution in [2.75, 3.05) is 0 Å². The van der Waals surface area contributed by atoms with Crippen LogP contribution in [0.1, 0.15) is 56.2 Å². The highest BCUT2D eigenvalue weighted by Gasteiger charge is 2.34. The molecule has 0 aliphatic rings. The average Bonchev–Trinajstić information content (AvgIpc) is 3.57. The van der Waals surface area contributed by atoms with Crippen LogP contribution < -0.4 is 4.57 Å². The summed E-state index contributed by atoms with van der Waals surface area (Å²) in [5.74, 6) is 1.75. The lowest BCUT2D eigenvalue weighted by Crippen LogP contribution is -2.30. The Morgan fingerprint density at radius 2 is 1.26 bits per heavy atom. The average molecular weight is 600 g/mol. The number of aryl methyl sites for hydroxylation is 2. The van der Waals surface area contributed by atoms with E-state index in [0.29, 0.717) is 11.8 Å². The summed E-state index contributed by atoms with van der Waals surface area (Å²) >= 11 is 0. The molecule has 3 nitrogen and oxygen atoms in total. The van der Waals surface area contributed by atoms with E-state index >= 15 is 0 Å². The highest BCUT2D eigenvalue weighted by molar-refractivity contribution is 6.13. The maximum Gasteiger partial charge on any atom is 0.299 e. The quantitative estimate of drug-likeness (QED) is 0.180. The summed E-state index contributed by atoms with van der Waals surface area (Å²) in [4.78, 5) is 0. The number of nitrogens with zero attached hydrogens (tertiary/aromatic N) is 2. The summed E-state index contributed by atoms with van der Waals surface area (Å²) in [5.41, 5.74) is 13.0. The van der Waals surface area contributed by atoms with Crippen molar-refractivity contribution >= 4 is 43.7 Å². The lowest BCUT2D eigenvalue weighted by Gasteiger charge is -2.21. The third kappa shape index (κ3) is 4.29. The Balaban J connectivity index is 1.51. The molecule has 0 atom stereocenters. The second-order valence-corrected chi connectivity index (χ2v) is 13.3. The zero-order valence-electron chi connectivity index (χ0n) is 27.4. The van der Waals surface area contributed by atoms with E-state index in [1.165, 1.54) is 55.3 Å². The molecule has 0 radical (unpaired) electrons. The first-order chi connectivity index (χ1) is 22.3. The van der Waals surface area contributed by atoms with Gasteiger partial charge in [0.05, 0.1) is 7.05 Å². The summed E-state index contributed by atoms with van der Waals surface area (Å²) < 4.78 is 11.8. The molecule has 0 saturated heterocycles. The molecular weight excluding hydrogens is 560 g/mol. The lowest BCUT2D eigenvalue weighted by molar-refractivity contribution is -0.633. The fourth-order valence-corrected chi connectivity index (χ4v) is 7.34. The first-order valence-corrected chi connectivity index (χ1v) is 16.4. The minimum atomic E-state index is 0.311. The van der Waals surface area contributed by atoms with Gasteiger partial charge in [-0.25, -0.2) is 4.57 Å². The molecule has 3 heteroatoms. The van der Waals surface area contributed by atoms with E-state index in [2.05, 4.69) is 166 Å². The molecule has 0 fully saturated rings. The Hall–Kier alpha value is -5.15. The number of aromatic nitrogens is 2. The van der Waals surface area contributed by atoms with Crippen LogP contribution in [0.4, 0.5) is 0 Å². The van der Waals surface area contributed by atoms with E-state index in [1.54, 1.807) is 0 Å². The molecule has 0 aliphatic heterocycles. The highest BCUT2D eigenvalue weighted by atomic mass is 16.3. The summed E-state index contributed by atoms with van der Waals surface area (Å²) in [6, 6.07) is 41.9. The van der Waals surface area contributed by atoms with Crippen LogP contribution in [0.2, 0.25) is 0 Å². The fraction of sp³-hybridized carbons (Fsp3) is 0.186. The number of hydrogen-bond acceptors (Lipinski definition) is 1. The normalized spacial score (nSPS) is 12.1. The van der Waals surface area contributed by atoms with E-state index in [9.17, 15) is 0 Å². The number of para-hydroxylation sites is 2. The van der Waals surface area contributed by atoms with Crippen LogP contribution in [-0.2, 0) is 7.05 Å². The van der Waals surface area contributed by atoms with Crippen molar-refractivity contribution < 1.29 is 8.98 Å². The molecule has 0 unspecified atom stereocenters. The Morgan fingerprint density at radius 1 is 0.630 bits per heavy atom. The van der Waals surface area contributed by atoms with Crippen LogP contribution in [0.5, 0.6) is 0 Å². The molecular formula is C43H39N2O+. The predicted molar refractivity (Wildman–Crippen MR) is 193 cm³/mol. The second kappa shape index (κ2) is 10.7. The predicted octanol–water partition coefficient (Wildman–Crippen LogP) is 11.4. The van der Waals surface area contributed by atoms with Crippen LogP contribution in [-0.4, -0.2) is 4.57 Å². The Labute approximate surface area is 270 Å². The van der Waals surface area contributed by atoms with E-state index in [1.807, 2.05) is 0 Å². The first kappa shape index (κ1) is 28.3. The van der Waals surface area contributed by atoms with E-state index < -0.39 is 0 Å². The second-order valence-electron chi connectivity index (χ2n) is 13.3. The zero-order valence-corrected chi connectivity index (χ0v) is 27.4. The van der Waals surface area contributed by atoms with Gasteiger partial charge in [0.2, 0.25) is 0 Å². The van der Waals surface area contributed by atoms with Crippen LogP contribution in [0.3, 0.4) is 0 Å². The van der Waals surface area contributed by atoms with Gasteiger partial charge in [0.25, 0.3) is 5.82 Å². The van der Waals surface area contributed by atoms with E-state index in [-0.39, 0.29) is 0 Å². The molecule has 0 aliphatic carbocycles. The minimum absolute atomic E-state index is 0.311. The van der Waals surface area contributed by atoms with Crippen LogP contribution in [0.25, 0.3) is 71.9 Å². The van der Waals surface area contributed by atoms with Crippen molar-refractivity contribution in [2.24, 2.45) is 7.05 Å². The van der Waals surface area contributed by atoms with Gasteiger partial charge in [-0.2, -0.15) is 4.57 Å². The maximum atomic E-state index is 6.87. The monoisotopic (exact) mass is 599 g/mol. The molecule has 2 heterocycles. The number of imidazole rings is 1. The number of rotatable bonds is 5. The Morgan fingerprint density at radius 3 is 1.96 bits per heavy atom. The first-order valence-electron chi connectivity index (χ1n) is 16.4. The smallest absolute Gasteiger partial charge is 0.299 e. The molecule has 8 aromatic rings. The molecule has 8 rings (SSSR count). The summed E-state index contributed by atoms with van der Waals surface area (Å²) in [6.45, 7) is 11.5. The molecule has 0 saturated carbocycles. The van der Waals surface area contributed by atoms with Crippen LogP contribution in [0.15, 0.2) is 120 Å². The Kier molecular flexibility index (Phi) is 6.61. The molecule has 2 aromatic heterocycles. The van der Waals surface area contributed by atoms with Crippen molar-refractivity contribution in [3.63, 3.8) is 0 Å². The van der Waals surface area contributed by atoms with Gasteiger partial charge in [-0.1, -0.05) is 107 Å². The van der Waals surface area contributed by atoms with Gasteiger partial charge in [0.1, 0.15) is 16.8 Å². The largest absolute Gasteiger partial charge is 0.455 e. The zero-order chi connectivity index (χ0) is 31.7. The summed E-state index contributed by atoms with van der Waals surface area (Å²) in [6.07, 6.45) is 0. The van der Waals surface area contributed by atoms with Crippen LogP contribution >= 0.6 is 0 Å². The summed E-state index contributed by atoms with van der Waals surface area (Å²) in [7, 11) is 2.20. The summed E-state index contributed by atoms with van der Waals surface area (Å²) in [5, 5.41) is 4.71. The standard InChI is InChI=1S/C43H39N2O/c1-26(2)34-23-32(29-14-8-7-9-15-29)24-35(27(3)4)41(34)45-38-19-13-12-18-37(38)44(6)43(45)40-28(5)20-21-33-36-22-30-16-10-11-17-31(30)25-39(36)46-42(33)40/h7-27H,1-6H3/q+1. The third-order valence-corrected chi connectivity index (χ3v) is 9.70. The van der Waals surface area contributed by atoms with E-state index in [0.717, 1.165) is 33.3 Å². The van der Waals surface area contributed by atoms with Crippen molar-refractivity contribution in [1.82, 2.24) is 4.57 Å². The third-order valence-electron chi connectivity index (χ3n) is 9.70. The van der Waals surface area contributed by atoms with Gasteiger partial charge in [0.15, 0.2) is 16.6 Å². The molecule has 46 heavy (non-hydrogen) atoms. The molecule has 0 spiro atoms. The highest BCUT2D eigenvalue weighted by Crippen LogP contribution is 2.43. The van der Waals surface area contributed by atoms with Crippen molar-refractivity contribution in [2.45, 2.75) is 46.5 Å². The lowest BCUT2D eigenvalue weighted by atomic mass is 9.88. The van der Waals surface area contributed by atoms with Gasteiger partial charge in [-0.05, 0) is 82.6 Å². The Bertz CT molecular complexity index is 2410. The number of fused-ring (bicyclic) bond motifs is 5. The van der Waals surface area contributed by atoms with Crippen LogP contribution in [0, 0.1) is 6.92 Å².